The molecule has 1 aromatic heterocycles. The molecule has 132 valence electrons. The summed E-state index contributed by atoms with van der Waals surface area (Å²) in [6.45, 7) is 8.28. The third-order valence-corrected chi connectivity index (χ3v) is 5.82. The summed E-state index contributed by atoms with van der Waals surface area (Å²) in [5.41, 5.74) is 4.60. The van der Waals surface area contributed by atoms with Gasteiger partial charge in [-0.05, 0) is 60.9 Å². The van der Waals surface area contributed by atoms with Gasteiger partial charge in [0, 0.05) is 24.3 Å². The number of nitrogens with one attached hydrogen (secondary N) is 1. The lowest BCUT2D eigenvalue weighted by molar-refractivity contribution is 0.189. The van der Waals surface area contributed by atoms with Crippen LogP contribution in [0.5, 0.6) is 0 Å². The van der Waals surface area contributed by atoms with Crippen molar-refractivity contribution in [3.8, 4) is 0 Å². The fourth-order valence-corrected chi connectivity index (χ4v) is 4.51. The molecule has 2 aromatic carbocycles. The molecule has 0 aliphatic heterocycles. The Morgan fingerprint density at radius 1 is 1.15 bits per heavy atom. The van der Waals surface area contributed by atoms with E-state index in [1.807, 2.05) is 18.2 Å². The molecule has 0 radical (unpaired) electrons. The first kappa shape index (κ1) is 16.9. The van der Waals surface area contributed by atoms with E-state index in [4.69, 9.17) is 6.57 Å². The lowest BCUT2D eigenvalue weighted by Crippen LogP contribution is -2.35. The van der Waals surface area contributed by atoms with Gasteiger partial charge < -0.3 is 4.98 Å². The number of aromatic amines is 1. The largest absolute Gasteiger partial charge is 0.361 e. The van der Waals surface area contributed by atoms with E-state index in [2.05, 4.69) is 58.3 Å². The van der Waals surface area contributed by atoms with E-state index in [9.17, 15) is 0 Å². The Hall–Kier alpha value is -2.57. The van der Waals surface area contributed by atoms with Gasteiger partial charge >= 0.3 is 0 Å². The van der Waals surface area contributed by atoms with Crippen molar-refractivity contribution in [2.45, 2.75) is 38.3 Å². The van der Waals surface area contributed by atoms with Gasteiger partial charge in [0.15, 0.2) is 5.69 Å². The van der Waals surface area contributed by atoms with Crippen LogP contribution < -0.4 is 0 Å². The van der Waals surface area contributed by atoms with Crippen LogP contribution in [0.1, 0.15) is 30.4 Å². The number of hydrogen-bond donors (Lipinski definition) is 1. The zero-order valence-corrected chi connectivity index (χ0v) is 15.3. The highest BCUT2D eigenvalue weighted by molar-refractivity contribution is 5.86. The lowest BCUT2D eigenvalue weighted by Gasteiger charge is -2.30. The maximum absolute atomic E-state index is 7.27. The number of rotatable bonds is 5. The second kappa shape index (κ2) is 7.35. The van der Waals surface area contributed by atoms with E-state index >= 15 is 0 Å². The third kappa shape index (κ3) is 3.38. The Labute approximate surface area is 155 Å². The molecule has 2 atom stereocenters. The number of fused-ring (bicyclic) bond motifs is 1. The van der Waals surface area contributed by atoms with Crippen molar-refractivity contribution in [1.82, 2.24) is 9.88 Å². The number of nitrogens with zero attached hydrogens (tertiary/aromatic N) is 2. The summed E-state index contributed by atoms with van der Waals surface area (Å²) in [6.07, 6.45) is 7.11. The topological polar surface area (TPSA) is 23.4 Å². The van der Waals surface area contributed by atoms with Crippen LogP contribution in [0.25, 0.3) is 15.7 Å². The predicted molar refractivity (Wildman–Crippen MR) is 107 cm³/mol. The Balaban J connectivity index is 1.51. The predicted octanol–water partition coefficient (Wildman–Crippen LogP) is 5.56. The van der Waals surface area contributed by atoms with Crippen molar-refractivity contribution >= 4 is 16.6 Å². The maximum Gasteiger partial charge on any atom is 0.187 e. The summed E-state index contributed by atoms with van der Waals surface area (Å²) < 4.78 is 0. The minimum absolute atomic E-state index is 0.629. The van der Waals surface area contributed by atoms with Crippen molar-refractivity contribution in [2.24, 2.45) is 5.92 Å². The van der Waals surface area contributed by atoms with Gasteiger partial charge in [0.25, 0.3) is 0 Å². The Morgan fingerprint density at radius 3 is 2.81 bits per heavy atom. The molecule has 4 rings (SSSR count). The van der Waals surface area contributed by atoms with Crippen molar-refractivity contribution in [1.29, 1.82) is 0 Å². The van der Waals surface area contributed by atoms with E-state index in [-0.39, 0.29) is 0 Å². The Bertz CT molecular complexity index is 920. The van der Waals surface area contributed by atoms with E-state index in [0.29, 0.717) is 12.0 Å². The lowest BCUT2D eigenvalue weighted by atomic mass is 9.93. The van der Waals surface area contributed by atoms with Crippen LogP contribution in [0, 0.1) is 12.5 Å². The molecule has 3 aromatic rings. The number of hydrogen-bond acceptors (Lipinski definition) is 1. The van der Waals surface area contributed by atoms with Gasteiger partial charge in [-0.3, -0.25) is 4.90 Å². The molecule has 1 aliphatic rings. The molecule has 1 fully saturated rings. The number of H-pyrrole nitrogens is 1. The van der Waals surface area contributed by atoms with Crippen molar-refractivity contribution < 1.29 is 0 Å². The molecule has 1 heterocycles. The summed E-state index contributed by atoms with van der Waals surface area (Å²) in [6, 6.07) is 17.3. The van der Waals surface area contributed by atoms with Gasteiger partial charge in [-0.15, -0.1) is 0 Å². The fraction of sp³-hybridized carbons (Fsp3) is 0.348. The van der Waals surface area contributed by atoms with E-state index in [1.165, 1.54) is 35.8 Å². The van der Waals surface area contributed by atoms with Gasteiger partial charge in [0.05, 0.1) is 6.57 Å². The second-order valence-electron chi connectivity index (χ2n) is 7.52. The highest BCUT2D eigenvalue weighted by Gasteiger charge is 2.30. The number of benzene rings is 2. The van der Waals surface area contributed by atoms with E-state index in [1.54, 1.807) is 0 Å². The van der Waals surface area contributed by atoms with E-state index < -0.39 is 0 Å². The average molecular weight is 343 g/mol. The first-order valence-corrected chi connectivity index (χ1v) is 9.46. The van der Waals surface area contributed by atoms with Crippen LogP contribution in [0.15, 0.2) is 54.7 Å². The molecule has 3 heteroatoms. The molecule has 0 saturated heterocycles. The quantitative estimate of drug-likeness (QED) is 0.602. The van der Waals surface area contributed by atoms with Crippen LogP contribution in [0.3, 0.4) is 0 Å². The Morgan fingerprint density at radius 2 is 2.00 bits per heavy atom. The third-order valence-electron chi connectivity index (χ3n) is 5.82. The van der Waals surface area contributed by atoms with Crippen molar-refractivity contribution in [3.05, 3.63) is 77.3 Å². The monoisotopic (exact) mass is 343 g/mol. The summed E-state index contributed by atoms with van der Waals surface area (Å²) in [7, 11) is 2.27. The van der Waals surface area contributed by atoms with E-state index in [0.717, 1.165) is 24.2 Å². The summed E-state index contributed by atoms with van der Waals surface area (Å²) in [4.78, 5) is 9.51. The number of aromatic nitrogens is 1. The zero-order valence-electron chi connectivity index (χ0n) is 15.3. The van der Waals surface area contributed by atoms with Gasteiger partial charge in [0.1, 0.15) is 0 Å². The molecule has 1 aliphatic carbocycles. The smallest absolute Gasteiger partial charge is 0.187 e. The summed E-state index contributed by atoms with van der Waals surface area (Å²) in [5.74, 6) is 0.680. The normalized spacial score (nSPS) is 19.9. The maximum atomic E-state index is 7.27. The molecule has 0 spiro atoms. The van der Waals surface area contributed by atoms with Gasteiger partial charge in [-0.2, -0.15) is 0 Å². The highest BCUT2D eigenvalue weighted by atomic mass is 15.1. The fourth-order valence-electron chi connectivity index (χ4n) is 4.51. The van der Waals surface area contributed by atoms with Crippen LogP contribution >= 0.6 is 0 Å². The first-order chi connectivity index (χ1) is 12.7. The molecule has 0 amide bonds. The second-order valence-corrected chi connectivity index (χ2v) is 7.52. The van der Waals surface area contributed by atoms with Crippen LogP contribution in [-0.2, 0) is 13.0 Å². The minimum atomic E-state index is 0.629. The van der Waals surface area contributed by atoms with Crippen LogP contribution in [0.2, 0.25) is 0 Å². The SMILES string of the molecule is [C-]#[N+]c1ccc2[nH]cc(CC3CCCC3N(C)Cc3ccccc3)c2c1. The van der Waals surface area contributed by atoms with Gasteiger partial charge in [-0.1, -0.05) is 42.8 Å². The molecule has 0 bridgehead atoms. The van der Waals surface area contributed by atoms with Crippen molar-refractivity contribution in [3.63, 3.8) is 0 Å². The molecule has 1 N–H and O–H groups in total. The molecular weight excluding hydrogens is 318 g/mol. The Kier molecular flexibility index (Phi) is 4.77. The highest BCUT2D eigenvalue weighted by Crippen LogP contribution is 2.35. The molecule has 26 heavy (non-hydrogen) atoms. The zero-order chi connectivity index (χ0) is 17.9. The van der Waals surface area contributed by atoms with Crippen LogP contribution in [-0.4, -0.2) is 23.0 Å². The molecule has 2 unspecified atom stereocenters. The average Bonchev–Trinajstić information content (AvgIpc) is 3.30. The minimum Gasteiger partial charge on any atom is -0.361 e. The van der Waals surface area contributed by atoms with Crippen LogP contribution in [0.4, 0.5) is 5.69 Å². The van der Waals surface area contributed by atoms with Gasteiger partial charge in [-0.25, -0.2) is 4.85 Å². The molecule has 1 saturated carbocycles. The molecule has 3 nitrogen and oxygen atoms in total. The first-order valence-electron chi connectivity index (χ1n) is 9.46. The van der Waals surface area contributed by atoms with Crippen molar-refractivity contribution in [2.75, 3.05) is 7.05 Å². The summed E-state index contributed by atoms with van der Waals surface area (Å²) >= 11 is 0. The van der Waals surface area contributed by atoms with Gasteiger partial charge in [0.2, 0.25) is 0 Å². The summed E-state index contributed by atoms with van der Waals surface area (Å²) in [5, 5.41) is 1.22. The molecular formula is C23H25N3. The standard InChI is InChI=1S/C23H25N3/c1-24-20-11-12-22-21(14-20)19(15-25-22)13-18-9-6-10-23(18)26(2)16-17-7-4-3-5-8-17/h3-5,7-8,11-12,14-15,18,23,25H,6,9-10,13,16H2,2H3.